The summed E-state index contributed by atoms with van der Waals surface area (Å²) in [6, 6.07) is 15.9. The molecule has 0 aliphatic heterocycles. The summed E-state index contributed by atoms with van der Waals surface area (Å²) in [5.74, 6) is -0.196. The highest BCUT2D eigenvalue weighted by atomic mass is 16.4. The zero-order valence-corrected chi connectivity index (χ0v) is 15.9. The SMILES string of the molecule is Cc1oc(-c2ccccc2)nc1CC(=O)NNC(=O)c1n[nH]c(=O)c2ccccc12. The molecule has 30 heavy (non-hydrogen) atoms. The molecule has 0 unspecified atom stereocenters. The lowest BCUT2D eigenvalue weighted by atomic mass is 10.1. The minimum absolute atomic E-state index is 0.00511. The molecule has 0 saturated heterocycles. The van der Waals surface area contributed by atoms with Gasteiger partial charge in [0.2, 0.25) is 11.8 Å². The molecule has 0 aliphatic rings. The van der Waals surface area contributed by atoms with E-state index in [2.05, 4.69) is 26.0 Å². The fourth-order valence-corrected chi connectivity index (χ4v) is 2.97. The molecule has 4 rings (SSSR count). The Morgan fingerprint density at radius 3 is 2.47 bits per heavy atom. The summed E-state index contributed by atoms with van der Waals surface area (Å²) in [6.45, 7) is 1.72. The monoisotopic (exact) mass is 403 g/mol. The van der Waals surface area contributed by atoms with Crippen molar-refractivity contribution in [1.82, 2.24) is 26.0 Å². The van der Waals surface area contributed by atoms with Crippen LogP contribution in [0.15, 0.2) is 63.8 Å². The minimum atomic E-state index is -0.655. The van der Waals surface area contributed by atoms with Gasteiger partial charge >= 0.3 is 0 Å². The summed E-state index contributed by atoms with van der Waals surface area (Å²) < 4.78 is 5.63. The van der Waals surface area contributed by atoms with Gasteiger partial charge in [0.15, 0.2) is 5.69 Å². The largest absolute Gasteiger partial charge is 0.441 e. The van der Waals surface area contributed by atoms with Crippen molar-refractivity contribution in [2.24, 2.45) is 0 Å². The number of amides is 2. The first kappa shape index (κ1) is 19.1. The highest BCUT2D eigenvalue weighted by Crippen LogP contribution is 2.21. The van der Waals surface area contributed by atoms with Crippen LogP contribution in [-0.2, 0) is 11.2 Å². The molecule has 0 aliphatic carbocycles. The molecular weight excluding hydrogens is 386 g/mol. The first-order chi connectivity index (χ1) is 14.5. The third-order valence-electron chi connectivity index (χ3n) is 4.47. The number of rotatable bonds is 4. The maximum Gasteiger partial charge on any atom is 0.290 e. The molecule has 0 atom stereocenters. The number of benzene rings is 2. The van der Waals surface area contributed by atoms with Crippen LogP contribution >= 0.6 is 0 Å². The molecule has 2 aromatic carbocycles. The van der Waals surface area contributed by atoms with E-state index in [9.17, 15) is 14.4 Å². The molecular formula is C21H17N5O4. The van der Waals surface area contributed by atoms with Crippen LogP contribution in [0.5, 0.6) is 0 Å². The number of nitrogens with zero attached hydrogens (tertiary/aromatic N) is 2. The van der Waals surface area contributed by atoms with E-state index < -0.39 is 17.4 Å². The molecule has 2 aromatic heterocycles. The molecule has 0 bridgehead atoms. The van der Waals surface area contributed by atoms with Gasteiger partial charge in [-0.05, 0) is 25.1 Å². The third kappa shape index (κ3) is 3.81. The Hall–Kier alpha value is -4.27. The molecule has 2 heterocycles. The van der Waals surface area contributed by atoms with E-state index in [0.29, 0.717) is 28.1 Å². The fraction of sp³-hybridized carbons (Fsp3) is 0.0952. The number of nitrogens with one attached hydrogen (secondary N) is 3. The van der Waals surface area contributed by atoms with Crippen LogP contribution in [0.1, 0.15) is 21.9 Å². The molecule has 150 valence electrons. The second kappa shape index (κ2) is 8.00. The van der Waals surface area contributed by atoms with Gasteiger partial charge in [0.25, 0.3) is 11.5 Å². The Morgan fingerprint density at radius 2 is 1.70 bits per heavy atom. The van der Waals surface area contributed by atoms with E-state index in [1.165, 1.54) is 0 Å². The van der Waals surface area contributed by atoms with E-state index in [0.717, 1.165) is 5.56 Å². The Balaban J connectivity index is 1.44. The van der Waals surface area contributed by atoms with Crippen LogP contribution < -0.4 is 16.4 Å². The predicted octanol–water partition coefficient (Wildman–Crippen LogP) is 1.89. The first-order valence-corrected chi connectivity index (χ1v) is 9.11. The number of aromatic amines is 1. The summed E-state index contributed by atoms with van der Waals surface area (Å²) in [6.07, 6.45) is -0.0811. The molecule has 2 amide bonds. The van der Waals surface area contributed by atoms with Crippen LogP contribution in [0.4, 0.5) is 0 Å². The van der Waals surface area contributed by atoms with Gasteiger partial charge in [-0.3, -0.25) is 25.2 Å². The third-order valence-corrected chi connectivity index (χ3v) is 4.47. The zero-order valence-electron chi connectivity index (χ0n) is 15.9. The number of oxazole rings is 1. The summed E-state index contributed by atoms with van der Waals surface area (Å²) in [5, 5.41) is 6.78. The van der Waals surface area contributed by atoms with Gasteiger partial charge in [0, 0.05) is 10.9 Å². The number of hydrogen-bond acceptors (Lipinski definition) is 6. The molecule has 9 nitrogen and oxygen atoms in total. The van der Waals surface area contributed by atoms with Crippen molar-refractivity contribution in [3.63, 3.8) is 0 Å². The van der Waals surface area contributed by atoms with E-state index in [-0.39, 0.29) is 12.1 Å². The normalized spacial score (nSPS) is 10.7. The molecule has 0 saturated carbocycles. The molecule has 9 heteroatoms. The zero-order chi connectivity index (χ0) is 21.1. The summed E-state index contributed by atoms with van der Waals surface area (Å²) >= 11 is 0. The topological polar surface area (TPSA) is 130 Å². The van der Waals surface area contributed by atoms with Crippen molar-refractivity contribution < 1.29 is 14.0 Å². The van der Waals surface area contributed by atoms with Crippen molar-refractivity contribution in [2.75, 3.05) is 0 Å². The van der Waals surface area contributed by atoms with Gasteiger partial charge in [-0.25, -0.2) is 10.1 Å². The Bertz CT molecular complexity index is 1290. The summed E-state index contributed by atoms with van der Waals surface area (Å²) in [7, 11) is 0. The van der Waals surface area contributed by atoms with Crippen LogP contribution in [0.2, 0.25) is 0 Å². The van der Waals surface area contributed by atoms with Gasteiger partial charge in [-0.1, -0.05) is 36.4 Å². The maximum absolute atomic E-state index is 12.4. The van der Waals surface area contributed by atoms with E-state index in [1.807, 2.05) is 30.3 Å². The number of aryl methyl sites for hydroxylation is 1. The number of hydrogen-bond donors (Lipinski definition) is 3. The number of hydrazine groups is 1. The van der Waals surface area contributed by atoms with Crippen LogP contribution in [-0.4, -0.2) is 27.0 Å². The smallest absolute Gasteiger partial charge is 0.290 e. The predicted molar refractivity (Wildman–Crippen MR) is 108 cm³/mol. The fourth-order valence-electron chi connectivity index (χ4n) is 2.97. The van der Waals surface area contributed by atoms with Gasteiger partial charge in [0.1, 0.15) is 5.76 Å². The van der Waals surface area contributed by atoms with Crippen LogP contribution in [0.3, 0.4) is 0 Å². The summed E-state index contributed by atoms with van der Waals surface area (Å²) in [4.78, 5) is 40.9. The quantitative estimate of drug-likeness (QED) is 0.446. The lowest BCUT2D eigenvalue weighted by molar-refractivity contribution is -0.121. The number of carbonyl (C=O) groups is 2. The van der Waals surface area contributed by atoms with E-state index >= 15 is 0 Å². The number of fused-ring (bicyclic) bond motifs is 1. The number of aromatic nitrogens is 3. The van der Waals surface area contributed by atoms with Crippen molar-refractivity contribution in [3.05, 3.63) is 82.1 Å². The van der Waals surface area contributed by atoms with Gasteiger partial charge < -0.3 is 4.42 Å². The second-order valence-electron chi connectivity index (χ2n) is 6.51. The van der Waals surface area contributed by atoms with Gasteiger partial charge in [-0.15, -0.1) is 0 Å². The van der Waals surface area contributed by atoms with E-state index in [4.69, 9.17) is 4.42 Å². The lowest BCUT2D eigenvalue weighted by Gasteiger charge is -2.07. The maximum atomic E-state index is 12.4. The first-order valence-electron chi connectivity index (χ1n) is 9.11. The Labute approximate surface area is 170 Å². The van der Waals surface area contributed by atoms with Crippen molar-refractivity contribution >= 4 is 22.6 Å². The van der Waals surface area contributed by atoms with Crippen molar-refractivity contribution in [1.29, 1.82) is 0 Å². The van der Waals surface area contributed by atoms with Crippen molar-refractivity contribution in [2.45, 2.75) is 13.3 Å². The Kier molecular flexibility index (Phi) is 5.08. The molecule has 0 radical (unpaired) electrons. The van der Waals surface area contributed by atoms with Gasteiger partial charge in [0.05, 0.1) is 17.5 Å². The van der Waals surface area contributed by atoms with Crippen LogP contribution in [0, 0.1) is 6.92 Å². The Morgan fingerprint density at radius 1 is 1.00 bits per heavy atom. The summed E-state index contributed by atoms with van der Waals surface area (Å²) in [5.41, 5.74) is 5.50. The second-order valence-corrected chi connectivity index (χ2v) is 6.51. The lowest BCUT2D eigenvalue weighted by Crippen LogP contribution is -2.43. The minimum Gasteiger partial charge on any atom is -0.441 e. The van der Waals surface area contributed by atoms with Gasteiger partial charge in [-0.2, -0.15) is 5.10 Å². The highest BCUT2D eigenvalue weighted by Gasteiger charge is 2.17. The average Bonchev–Trinajstić information content (AvgIpc) is 3.13. The van der Waals surface area contributed by atoms with Crippen molar-refractivity contribution in [3.8, 4) is 11.5 Å². The van der Waals surface area contributed by atoms with E-state index in [1.54, 1.807) is 31.2 Å². The molecule has 3 N–H and O–H groups in total. The number of H-pyrrole nitrogens is 1. The number of carbonyl (C=O) groups excluding carboxylic acids is 2. The van der Waals surface area contributed by atoms with Crippen LogP contribution in [0.25, 0.3) is 22.2 Å². The standard InChI is InChI=1S/C21H17N5O4/c1-12-16(22-21(30-12)13-7-3-2-4-8-13)11-17(27)23-26-20(29)18-14-9-5-6-10-15(14)19(28)25-24-18/h2-10H,11H2,1H3,(H,23,27)(H,25,28)(H,26,29). The highest BCUT2D eigenvalue weighted by molar-refractivity contribution is 6.05. The molecule has 0 fully saturated rings. The molecule has 4 aromatic rings. The molecule has 0 spiro atoms. The average molecular weight is 403 g/mol.